The van der Waals surface area contributed by atoms with E-state index >= 15 is 0 Å². The molecule has 0 radical (unpaired) electrons. The highest BCUT2D eigenvalue weighted by Crippen LogP contribution is 2.11. The van der Waals surface area contributed by atoms with Crippen molar-refractivity contribution in [2.75, 3.05) is 11.9 Å². The molecular formula is C12H17N5O2S2. The van der Waals surface area contributed by atoms with Crippen molar-refractivity contribution in [2.45, 2.75) is 31.7 Å². The number of aromatic nitrogens is 3. The second kappa shape index (κ2) is 6.92. The van der Waals surface area contributed by atoms with Crippen LogP contribution in [0.1, 0.15) is 24.0 Å². The molecule has 2 aromatic heterocycles. The molecule has 0 bridgehead atoms. The number of anilines is 1. The van der Waals surface area contributed by atoms with E-state index in [4.69, 9.17) is 0 Å². The van der Waals surface area contributed by atoms with Gasteiger partial charge in [0, 0.05) is 17.6 Å². The average molecular weight is 327 g/mol. The molecule has 2 heterocycles. The van der Waals surface area contributed by atoms with E-state index in [1.54, 1.807) is 0 Å². The van der Waals surface area contributed by atoms with E-state index in [-0.39, 0.29) is 11.4 Å². The van der Waals surface area contributed by atoms with Crippen LogP contribution < -0.4 is 10.0 Å². The van der Waals surface area contributed by atoms with Gasteiger partial charge in [0.25, 0.3) is 0 Å². The van der Waals surface area contributed by atoms with Crippen LogP contribution >= 0.6 is 11.3 Å². The van der Waals surface area contributed by atoms with Crippen molar-refractivity contribution >= 4 is 27.3 Å². The molecule has 0 aromatic carbocycles. The van der Waals surface area contributed by atoms with Crippen molar-refractivity contribution < 1.29 is 8.42 Å². The Bertz CT molecular complexity index is 682. The first kappa shape index (κ1) is 15.8. The number of aryl methyl sites for hydroxylation is 1. The fraction of sp³-hybridized carbons (Fsp3) is 0.417. The molecule has 0 unspecified atom stereocenters. The lowest BCUT2D eigenvalue weighted by Crippen LogP contribution is -2.23. The zero-order valence-electron chi connectivity index (χ0n) is 11.8. The van der Waals surface area contributed by atoms with Gasteiger partial charge in [-0.1, -0.05) is 6.92 Å². The number of rotatable bonds is 7. The van der Waals surface area contributed by atoms with Crippen LogP contribution in [0.5, 0.6) is 0 Å². The molecule has 0 atom stereocenters. The van der Waals surface area contributed by atoms with Crippen molar-refractivity contribution in [3.05, 3.63) is 28.5 Å². The summed E-state index contributed by atoms with van der Waals surface area (Å²) in [6, 6.07) is 0. The van der Waals surface area contributed by atoms with Crippen molar-refractivity contribution in [1.82, 2.24) is 19.7 Å². The molecule has 21 heavy (non-hydrogen) atoms. The van der Waals surface area contributed by atoms with Gasteiger partial charge in [-0.15, -0.1) is 11.3 Å². The summed E-state index contributed by atoms with van der Waals surface area (Å²) in [7, 11) is -3.62. The normalized spacial score (nSPS) is 11.5. The molecule has 9 heteroatoms. The van der Waals surface area contributed by atoms with Crippen molar-refractivity contribution in [3.8, 4) is 0 Å². The van der Waals surface area contributed by atoms with Crippen LogP contribution in [0.3, 0.4) is 0 Å². The number of hydrogen-bond donors (Lipinski definition) is 2. The maximum atomic E-state index is 12.1. The van der Waals surface area contributed by atoms with E-state index in [2.05, 4.69) is 25.0 Å². The van der Waals surface area contributed by atoms with E-state index < -0.39 is 10.0 Å². The first-order valence-corrected chi connectivity index (χ1v) is 8.84. The van der Waals surface area contributed by atoms with Crippen LogP contribution in [0.25, 0.3) is 0 Å². The van der Waals surface area contributed by atoms with Gasteiger partial charge in [0.1, 0.15) is 9.90 Å². The van der Waals surface area contributed by atoms with E-state index in [9.17, 15) is 8.42 Å². The summed E-state index contributed by atoms with van der Waals surface area (Å²) in [6.45, 7) is 4.80. The Kier molecular flexibility index (Phi) is 5.21. The topological polar surface area (TPSA) is 96.9 Å². The molecule has 7 nitrogen and oxygen atoms in total. The van der Waals surface area contributed by atoms with E-state index in [0.717, 1.165) is 23.7 Å². The van der Waals surface area contributed by atoms with Crippen molar-refractivity contribution in [1.29, 1.82) is 0 Å². The third kappa shape index (κ3) is 4.45. The summed E-state index contributed by atoms with van der Waals surface area (Å²) in [5, 5.41) is 5.58. The predicted octanol–water partition coefficient (Wildman–Crippen LogP) is 1.54. The highest BCUT2D eigenvalue weighted by atomic mass is 32.2. The molecule has 2 N–H and O–H groups in total. The number of nitrogens with zero attached hydrogens (tertiary/aromatic N) is 3. The van der Waals surface area contributed by atoms with E-state index in [1.807, 2.05) is 19.2 Å². The minimum Gasteiger partial charge on any atom is -0.354 e. The lowest BCUT2D eigenvalue weighted by atomic mass is 10.5. The first-order chi connectivity index (χ1) is 10.0. The van der Waals surface area contributed by atoms with Gasteiger partial charge >= 0.3 is 0 Å². The van der Waals surface area contributed by atoms with Gasteiger partial charge in [0.2, 0.25) is 16.0 Å². The van der Waals surface area contributed by atoms with Gasteiger partial charge in [-0.2, -0.15) is 0 Å². The Morgan fingerprint density at radius 1 is 1.29 bits per heavy atom. The summed E-state index contributed by atoms with van der Waals surface area (Å²) < 4.78 is 26.7. The summed E-state index contributed by atoms with van der Waals surface area (Å²) in [4.78, 5) is 12.2. The fourth-order valence-corrected chi connectivity index (χ4v) is 3.19. The van der Waals surface area contributed by atoms with Gasteiger partial charge in [0.15, 0.2) is 0 Å². The highest BCUT2D eigenvalue weighted by Gasteiger charge is 2.15. The van der Waals surface area contributed by atoms with Crippen molar-refractivity contribution in [2.24, 2.45) is 0 Å². The van der Waals surface area contributed by atoms with E-state index in [0.29, 0.717) is 5.95 Å². The van der Waals surface area contributed by atoms with Crippen LogP contribution in [0.4, 0.5) is 5.95 Å². The van der Waals surface area contributed by atoms with Crippen LogP contribution in [0.2, 0.25) is 0 Å². The Morgan fingerprint density at radius 3 is 2.57 bits per heavy atom. The Morgan fingerprint density at radius 2 is 2.00 bits per heavy atom. The molecule has 0 aliphatic carbocycles. The number of thiazole rings is 1. The molecule has 2 aromatic rings. The monoisotopic (exact) mass is 327 g/mol. The number of sulfonamides is 1. The molecule has 114 valence electrons. The molecular weight excluding hydrogens is 310 g/mol. The maximum Gasteiger partial charge on any atom is 0.244 e. The minimum absolute atomic E-state index is 0.0397. The zero-order valence-corrected chi connectivity index (χ0v) is 13.5. The smallest absolute Gasteiger partial charge is 0.244 e. The standard InChI is InChI=1S/C12H17N5O2S2/c1-3-4-13-12-14-5-10(6-15-12)21(18,19)16-7-11-17-9(2)8-20-11/h5-6,8,16H,3-4,7H2,1-2H3,(H,13,14,15). The molecule has 2 rings (SSSR count). The largest absolute Gasteiger partial charge is 0.354 e. The minimum atomic E-state index is -3.62. The SMILES string of the molecule is CCCNc1ncc(S(=O)(=O)NCc2nc(C)cs2)cn1. The van der Waals surface area contributed by atoms with Crippen molar-refractivity contribution in [3.63, 3.8) is 0 Å². The highest BCUT2D eigenvalue weighted by molar-refractivity contribution is 7.89. The third-order valence-corrected chi connectivity index (χ3v) is 4.87. The lowest BCUT2D eigenvalue weighted by molar-refractivity contribution is 0.580. The molecule has 0 spiro atoms. The van der Waals surface area contributed by atoms with Crippen LogP contribution in [0.15, 0.2) is 22.7 Å². The summed E-state index contributed by atoms with van der Waals surface area (Å²) in [5.74, 6) is 0.423. The Balaban J connectivity index is 2.01. The molecule has 0 aliphatic rings. The summed E-state index contributed by atoms with van der Waals surface area (Å²) in [5.41, 5.74) is 0.879. The predicted molar refractivity (Wildman–Crippen MR) is 81.7 cm³/mol. The summed E-state index contributed by atoms with van der Waals surface area (Å²) >= 11 is 1.42. The molecule has 0 aliphatic heterocycles. The third-order valence-electron chi connectivity index (χ3n) is 2.55. The first-order valence-electron chi connectivity index (χ1n) is 6.48. The maximum absolute atomic E-state index is 12.1. The molecule has 0 saturated heterocycles. The van der Waals surface area contributed by atoms with Gasteiger partial charge in [0.05, 0.1) is 18.9 Å². The number of nitrogens with one attached hydrogen (secondary N) is 2. The van der Waals surface area contributed by atoms with Crippen LogP contribution in [-0.2, 0) is 16.6 Å². The summed E-state index contributed by atoms with van der Waals surface area (Å²) in [6.07, 6.45) is 3.53. The Hall–Kier alpha value is -1.58. The lowest BCUT2D eigenvalue weighted by Gasteiger charge is -2.06. The zero-order chi connectivity index (χ0) is 15.3. The van der Waals surface area contributed by atoms with Gasteiger partial charge in [-0.3, -0.25) is 0 Å². The molecule has 0 fully saturated rings. The second-order valence-electron chi connectivity index (χ2n) is 4.38. The van der Waals surface area contributed by atoms with Gasteiger partial charge in [-0.25, -0.2) is 28.1 Å². The van der Waals surface area contributed by atoms with E-state index in [1.165, 1.54) is 23.7 Å². The van der Waals surface area contributed by atoms with Crippen LogP contribution in [-0.4, -0.2) is 29.9 Å². The molecule has 0 saturated carbocycles. The van der Waals surface area contributed by atoms with Crippen LogP contribution in [0, 0.1) is 6.92 Å². The second-order valence-corrected chi connectivity index (χ2v) is 7.09. The average Bonchev–Trinajstić information content (AvgIpc) is 2.89. The quantitative estimate of drug-likeness (QED) is 0.801. The Labute approximate surface area is 127 Å². The fourth-order valence-electron chi connectivity index (χ4n) is 1.51. The van der Waals surface area contributed by atoms with Gasteiger partial charge < -0.3 is 5.32 Å². The molecule has 0 amide bonds. The van der Waals surface area contributed by atoms with Gasteiger partial charge in [-0.05, 0) is 13.3 Å². The number of hydrogen-bond acceptors (Lipinski definition) is 7.